The standard InChI is InChI=1S/C12H16N4O2S/c1-7-4-10(17)16-11(13-7)19-12(14-16)15-5-8(2)18-9(3)6-15/h4,8-9H,5-6H2,1-3H3/t8-,9+. The highest BCUT2D eigenvalue weighted by Gasteiger charge is 2.25. The summed E-state index contributed by atoms with van der Waals surface area (Å²) < 4.78 is 7.08. The Labute approximate surface area is 114 Å². The van der Waals surface area contributed by atoms with Crippen LogP contribution in [0, 0.1) is 6.92 Å². The lowest BCUT2D eigenvalue weighted by Crippen LogP contribution is -2.45. The van der Waals surface area contributed by atoms with Gasteiger partial charge in [-0.25, -0.2) is 4.98 Å². The van der Waals surface area contributed by atoms with Crippen LogP contribution in [0.2, 0.25) is 0 Å². The SMILES string of the molecule is Cc1cc(=O)n2nc(N3C[C@@H](C)O[C@@H](C)C3)sc2n1. The van der Waals surface area contributed by atoms with Crippen LogP contribution < -0.4 is 10.5 Å². The number of fused-ring (bicyclic) bond motifs is 1. The van der Waals surface area contributed by atoms with E-state index in [9.17, 15) is 4.79 Å². The van der Waals surface area contributed by atoms with E-state index >= 15 is 0 Å². The van der Waals surface area contributed by atoms with Crippen molar-refractivity contribution in [2.75, 3.05) is 18.0 Å². The van der Waals surface area contributed by atoms with E-state index in [-0.39, 0.29) is 17.8 Å². The summed E-state index contributed by atoms with van der Waals surface area (Å²) in [5.41, 5.74) is 0.600. The van der Waals surface area contributed by atoms with Gasteiger partial charge in [-0.05, 0) is 20.8 Å². The third-order valence-electron chi connectivity index (χ3n) is 3.05. The van der Waals surface area contributed by atoms with Crippen molar-refractivity contribution in [2.45, 2.75) is 33.0 Å². The number of hydrogen-bond donors (Lipinski definition) is 0. The van der Waals surface area contributed by atoms with Crippen LogP contribution in [0.25, 0.3) is 4.96 Å². The quantitative estimate of drug-likeness (QED) is 0.782. The van der Waals surface area contributed by atoms with Gasteiger partial charge < -0.3 is 9.64 Å². The normalized spacial score (nSPS) is 24.1. The van der Waals surface area contributed by atoms with E-state index in [0.29, 0.717) is 4.96 Å². The van der Waals surface area contributed by atoms with Crippen LogP contribution in [0.3, 0.4) is 0 Å². The molecule has 2 aromatic rings. The second-order valence-electron chi connectivity index (χ2n) is 4.98. The molecule has 0 unspecified atom stereocenters. The highest BCUT2D eigenvalue weighted by Crippen LogP contribution is 2.24. The Balaban J connectivity index is 2.01. The number of rotatable bonds is 1. The maximum Gasteiger partial charge on any atom is 0.275 e. The Hall–Kier alpha value is -1.47. The van der Waals surface area contributed by atoms with Gasteiger partial charge >= 0.3 is 0 Å². The Morgan fingerprint density at radius 3 is 2.74 bits per heavy atom. The van der Waals surface area contributed by atoms with Crippen LogP contribution in [0.15, 0.2) is 10.9 Å². The smallest absolute Gasteiger partial charge is 0.275 e. The van der Waals surface area contributed by atoms with Gasteiger partial charge in [-0.15, -0.1) is 5.10 Å². The lowest BCUT2D eigenvalue weighted by atomic mass is 10.2. The fraction of sp³-hybridized carbons (Fsp3) is 0.583. The lowest BCUT2D eigenvalue weighted by molar-refractivity contribution is -0.00527. The van der Waals surface area contributed by atoms with Gasteiger partial charge in [-0.1, -0.05) is 11.3 Å². The molecule has 7 heteroatoms. The molecule has 0 radical (unpaired) electrons. The Bertz CT molecular complexity index is 655. The zero-order valence-electron chi connectivity index (χ0n) is 11.2. The zero-order chi connectivity index (χ0) is 13.6. The number of hydrogen-bond acceptors (Lipinski definition) is 6. The van der Waals surface area contributed by atoms with Crippen molar-refractivity contribution >= 4 is 21.4 Å². The predicted octanol–water partition coefficient (Wildman–Crippen LogP) is 1.07. The van der Waals surface area contributed by atoms with Gasteiger partial charge in [0.15, 0.2) is 0 Å². The summed E-state index contributed by atoms with van der Waals surface area (Å²) in [5.74, 6) is 0. The van der Waals surface area contributed by atoms with Gasteiger partial charge in [-0.3, -0.25) is 4.79 Å². The molecule has 0 spiro atoms. The maximum atomic E-state index is 11.8. The minimum Gasteiger partial charge on any atom is -0.372 e. The molecule has 1 fully saturated rings. The fourth-order valence-corrected chi connectivity index (χ4v) is 3.34. The van der Waals surface area contributed by atoms with Crippen molar-refractivity contribution < 1.29 is 4.74 Å². The van der Waals surface area contributed by atoms with Gasteiger partial charge in [-0.2, -0.15) is 4.52 Å². The molecule has 2 aromatic heterocycles. The summed E-state index contributed by atoms with van der Waals surface area (Å²) in [5, 5.41) is 5.21. The number of anilines is 1. The van der Waals surface area contributed by atoms with Gasteiger partial charge in [0, 0.05) is 24.8 Å². The van der Waals surface area contributed by atoms with E-state index in [2.05, 4.69) is 15.0 Å². The molecule has 0 aromatic carbocycles. The predicted molar refractivity (Wildman–Crippen MR) is 74.1 cm³/mol. The first-order valence-corrected chi connectivity index (χ1v) is 7.12. The van der Waals surface area contributed by atoms with Gasteiger partial charge in [0.2, 0.25) is 10.1 Å². The second-order valence-corrected chi connectivity index (χ2v) is 5.91. The largest absolute Gasteiger partial charge is 0.372 e. The van der Waals surface area contributed by atoms with Crippen molar-refractivity contribution in [1.29, 1.82) is 0 Å². The van der Waals surface area contributed by atoms with Crippen LogP contribution in [-0.4, -0.2) is 39.9 Å². The van der Waals surface area contributed by atoms with Gasteiger partial charge in [0.05, 0.1) is 12.2 Å². The molecule has 102 valence electrons. The van der Waals surface area contributed by atoms with Crippen molar-refractivity contribution in [1.82, 2.24) is 14.6 Å². The molecule has 0 saturated carbocycles. The molecule has 1 saturated heterocycles. The summed E-state index contributed by atoms with van der Waals surface area (Å²) in [6.45, 7) is 7.49. The first-order valence-electron chi connectivity index (χ1n) is 6.31. The molecule has 19 heavy (non-hydrogen) atoms. The highest BCUT2D eigenvalue weighted by molar-refractivity contribution is 7.20. The van der Waals surface area contributed by atoms with Gasteiger partial charge in [0.25, 0.3) is 5.56 Å². The molecule has 6 nitrogen and oxygen atoms in total. The molecule has 0 aliphatic carbocycles. The maximum absolute atomic E-state index is 11.8. The molecule has 1 aliphatic rings. The first kappa shape index (κ1) is 12.6. The van der Waals surface area contributed by atoms with Crippen LogP contribution in [0.4, 0.5) is 5.13 Å². The summed E-state index contributed by atoms with van der Waals surface area (Å²) in [6, 6.07) is 1.50. The van der Waals surface area contributed by atoms with Crippen LogP contribution in [-0.2, 0) is 4.74 Å². The average molecular weight is 280 g/mol. The second kappa shape index (κ2) is 4.57. The monoisotopic (exact) mass is 280 g/mol. The third-order valence-corrected chi connectivity index (χ3v) is 4.02. The van der Waals surface area contributed by atoms with Crippen LogP contribution in [0.5, 0.6) is 0 Å². The zero-order valence-corrected chi connectivity index (χ0v) is 12.0. The van der Waals surface area contributed by atoms with Crippen molar-refractivity contribution in [3.05, 3.63) is 22.1 Å². The average Bonchev–Trinajstić information content (AvgIpc) is 2.71. The summed E-state index contributed by atoms with van der Waals surface area (Å²) in [4.78, 5) is 19.0. The van der Waals surface area contributed by atoms with E-state index < -0.39 is 0 Å². The Kier molecular flexibility index (Phi) is 3.02. The number of nitrogens with zero attached hydrogens (tertiary/aromatic N) is 4. The Morgan fingerprint density at radius 2 is 2.05 bits per heavy atom. The minimum atomic E-state index is -0.126. The fourth-order valence-electron chi connectivity index (χ4n) is 2.37. The molecule has 0 amide bonds. The van der Waals surface area contributed by atoms with E-state index in [4.69, 9.17) is 4.74 Å². The molecule has 3 heterocycles. The molecular weight excluding hydrogens is 264 g/mol. The molecule has 3 rings (SSSR count). The molecule has 1 aliphatic heterocycles. The number of morpholine rings is 1. The molecular formula is C12H16N4O2S. The number of ether oxygens (including phenoxy) is 1. The number of aryl methyl sites for hydroxylation is 1. The topological polar surface area (TPSA) is 59.7 Å². The third kappa shape index (κ3) is 2.35. The van der Waals surface area contributed by atoms with Crippen molar-refractivity contribution in [3.63, 3.8) is 0 Å². The molecule has 0 bridgehead atoms. The van der Waals surface area contributed by atoms with E-state index in [1.165, 1.54) is 21.9 Å². The van der Waals surface area contributed by atoms with E-state index in [0.717, 1.165) is 23.9 Å². The van der Waals surface area contributed by atoms with Crippen molar-refractivity contribution in [3.8, 4) is 0 Å². The van der Waals surface area contributed by atoms with Crippen molar-refractivity contribution in [2.24, 2.45) is 0 Å². The van der Waals surface area contributed by atoms with Crippen LogP contribution >= 0.6 is 11.3 Å². The lowest BCUT2D eigenvalue weighted by Gasteiger charge is -2.34. The van der Waals surface area contributed by atoms with E-state index in [1.807, 2.05) is 20.8 Å². The molecule has 0 N–H and O–H groups in total. The first-order chi connectivity index (χ1) is 9.02. The summed E-state index contributed by atoms with van der Waals surface area (Å²) in [7, 11) is 0. The molecule has 2 atom stereocenters. The highest BCUT2D eigenvalue weighted by atomic mass is 32.1. The summed E-state index contributed by atoms with van der Waals surface area (Å²) in [6.07, 6.45) is 0.337. The minimum absolute atomic E-state index is 0.126. The van der Waals surface area contributed by atoms with E-state index in [1.54, 1.807) is 0 Å². The van der Waals surface area contributed by atoms with Gasteiger partial charge in [0.1, 0.15) is 0 Å². The number of aromatic nitrogens is 3. The van der Waals surface area contributed by atoms with Crippen LogP contribution in [0.1, 0.15) is 19.5 Å². The Morgan fingerprint density at radius 1 is 1.37 bits per heavy atom. The summed E-state index contributed by atoms with van der Waals surface area (Å²) >= 11 is 1.45.